The van der Waals surface area contributed by atoms with E-state index in [4.69, 9.17) is 4.74 Å². The molecule has 0 aromatic heterocycles. The zero-order valence-electron chi connectivity index (χ0n) is 14.8. The molecule has 1 fully saturated rings. The Labute approximate surface area is 138 Å². The normalized spacial score (nSPS) is 26.4. The fourth-order valence-corrected chi connectivity index (χ4v) is 3.68. The van der Waals surface area contributed by atoms with Gasteiger partial charge in [0.05, 0.1) is 11.6 Å². The van der Waals surface area contributed by atoms with Crippen LogP contribution in [0, 0.1) is 5.92 Å². The summed E-state index contributed by atoms with van der Waals surface area (Å²) >= 11 is 0. The molecule has 1 aliphatic heterocycles. The van der Waals surface area contributed by atoms with Crippen LogP contribution in [-0.2, 0) is 14.3 Å². The quantitative estimate of drug-likeness (QED) is 0.591. The third-order valence-corrected chi connectivity index (χ3v) is 4.99. The number of nitrogens with one attached hydrogen (secondary N) is 2. The first kappa shape index (κ1) is 19.6. The summed E-state index contributed by atoms with van der Waals surface area (Å²) in [6.07, 6.45) is 5.91. The van der Waals surface area contributed by atoms with Gasteiger partial charge < -0.3 is 15.2 Å². The third-order valence-electron chi connectivity index (χ3n) is 4.99. The van der Waals surface area contributed by atoms with Crippen molar-refractivity contribution in [3.63, 3.8) is 0 Å². The molecule has 23 heavy (non-hydrogen) atoms. The molecule has 0 radical (unpaired) electrons. The molecular weight excluding hydrogens is 296 g/mol. The van der Waals surface area contributed by atoms with Crippen LogP contribution in [0.3, 0.4) is 0 Å². The number of hydrogen-bond donors (Lipinski definition) is 3. The van der Waals surface area contributed by atoms with E-state index in [-0.39, 0.29) is 23.9 Å². The Morgan fingerprint density at radius 3 is 2.43 bits per heavy atom. The van der Waals surface area contributed by atoms with Gasteiger partial charge in [-0.2, -0.15) is 0 Å². The van der Waals surface area contributed by atoms with E-state index in [1.807, 2.05) is 32.9 Å². The van der Waals surface area contributed by atoms with E-state index in [2.05, 4.69) is 10.6 Å². The van der Waals surface area contributed by atoms with Crippen molar-refractivity contribution < 1.29 is 19.4 Å². The van der Waals surface area contributed by atoms with Crippen LogP contribution in [0.4, 0.5) is 0 Å². The average molecular weight is 326 g/mol. The van der Waals surface area contributed by atoms with E-state index < -0.39 is 17.6 Å². The summed E-state index contributed by atoms with van der Waals surface area (Å²) in [4.78, 5) is 23.2. The van der Waals surface area contributed by atoms with E-state index in [1.165, 1.54) is 6.92 Å². The highest BCUT2D eigenvalue weighted by molar-refractivity contribution is 5.75. The van der Waals surface area contributed by atoms with Crippen LogP contribution < -0.4 is 10.6 Å². The van der Waals surface area contributed by atoms with Crippen molar-refractivity contribution in [1.29, 1.82) is 0 Å². The molecule has 1 saturated heterocycles. The first-order valence-electron chi connectivity index (χ1n) is 8.29. The van der Waals surface area contributed by atoms with Gasteiger partial charge in [0.25, 0.3) is 0 Å². The molecule has 6 nitrogen and oxygen atoms in total. The minimum absolute atomic E-state index is 0.0329. The molecule has 0 aromatic carbocycles. The number of amides is 1. The molecule has 1 rings (SSSR count). The van der Waals surface area contributed by atoms with Crippen LogP contribution in [0.2, 0.25) is 0 Å². The molecule has 0 saturated carbocycles. The molecule has 0 aliphatic carbocycles. The molecule has 132 valence electrons. The van der Waals surface area contributed by atoms with E-state index in [0.717, 1.165) is 12.8 Å². The van der Waals surface area contributed by atoms with Gasteiger partial charge >= 0.3 is 5.97 Å². The average Bonchev–Trinajstić information content (AvgIpc) is 2.92. The van der Waals surface area contributed by atoms with Crippen molar-refractivity contribution in [3.05, 3.63) is 12.2 Å². The number of carboxylic acid groups (broad SMARTS) is 1. The summed E-state index contributed by atoms with van der Waals surface area (Å²) in [6.45, 7) is 7.45. The van der Waals surface area contributed by atoms with Gasteiger partial charge in [0.15, 0.2) is 0 Å². The van der Waals surface area contributed by atoms with Gasteiger partial charge in [-0.1, -0.05) is 26.0 Å². The second-order valence-electron chi connectivity index (χ2n) is 6.16. The highest BCUT2D eigenvalue weighted by Gasteiger charge is 2.48. The highest BCUT2D eigenvalue weighted by Crippen LogP contribution is 2.34. The second-order valence-corrected chi connectivity index (χ2v) is 6.16. The smallest absolute Gasteiger partial charge is 0.320 e. The number of allylic oxidation sites excluding steroid dienone is 1. The van der Waals surface area contributed by atoms with Crippen LogP contribution in [0.1, 0.15) is 47.0 Å². The lowest BCUT2D eigenvalue weighted by Gasteiger charge is -2.43. The second kappa shape index (κ2) is 8.45. The zero-order chi connectivity index (χ0) is 17.6. The van der Waals surface area contributed by atoms with E-state index in [1.54, 1.807) is 7.11 Å². The van der Waals surface area contributed by atoms with Gasteiger partial charge in [-0.05, 0) is 32.1 Å². The Balaban J connectivity index is 3.22. The summed E-state index contributed by atoms with van der Waals surface area (Å²) in [6, 6.07) is -1.10. The van der Waals surface area contributed by atoms with Crippen LogP contribution in [-0.4, -0.2) is 47.8 Å². The fraction of sp³-hybridized carbons (Fsp3) is 0.765. The lowest BCUT2D eigenvalue weighted by Crippen LogP contribution is -2.63. The lowest BCUT2D eigenvalue weighted by molar-refractivity contribution is -0.139. The molecule has 0 spiro atoms. The molecule has 3 N–H and O–H groups in total. The van der Waals surface area contributed by atoms with Crippen molar-refractivity contribution >= 4 is 11.9 Å². The number of hydrogen-bond acceptors (Lipinski definition) is 4. The first-order chi connectivity index (χ1) is 10.8. The number of carboxylic acids is 1. The van der Waals surface area contributed by atoms with Crippen LogP contribution >= 0.6 is 0 Å². The molecule has 0 bridgehead atoms. The van der Waals surface area contributed by atoms with Gasteiger partial charge in [-0.3, -0.25) is 14.9 Å². The Bertz CT molecular complexity index is 438. The minimum atomic E-state index is -0.861. The predicted octanol–water partition coefficient (Wildman–Crippen LogP) is 1.70. The summed E-state index contributed by atoms with van der Waals surface area (Å²) in [5.41, 5.74) is -0.531. The summed E-state index contributed by atoms with van der Waals surface area (Å²) < 4.78 is 5.81. The van der Waals surface area contributed by atoms with Gasteiger partial charge in [0.2, 0.25) is 5.91 Å². The minimum Gasteiger partial charge on any atom is -0.480 e. The van der Waals surface area contributed by atoms with Crippen molar-refractivity contribution in [2.24, 2.45) is 5.92 Å². The number of methoxy groups -OCH3 is 1. The van der Waals surface area contributed by atoms with E-state index >= 15 is 0 Å². The molecular formula is C17H30N2O4. The molecule has 6 heteroatoms. The largest absolute Gasteiger partial charge is 0.480 e. The number of carbonyl (C=O) groups is 2. The number of ether oxygens (including phenoxy) is 1. The molecule has 0 aromatic rings. The van der Waals surface area contributed by atoms with Gasteiger partial charge in [0, 0.05) is 20.1 Å². The van der Waals surface area contributed by atoms with Crippen LogP contribution in [0.25, 0.3) is 0 Å². The fourth-order valence-electron chi connectivity index (χ4n) is 3.68. The number of rotatable bonds is 8. The van der Waals surface area contributed by atoms with Gasteiger partial charge in [-0.25, -0.2) is 0 Å². The lowest BCUT2D eigenvalue weighted by atomic mass is 9.79. The maximum atomic E-state index is 11.8. The maximum Gasteiger partial charge on any atom is 0.320 e. The summed E-state index contributed by atoms with van der Waals surface area (Å²) in [7, 11) is 1.65. The molecule has 1 aliphatic rings. The van der Waals surface area contributed by atoms with Crippen molar-refractivity contribution in [3.8, 4) is 0 Å². The topological polar surface area (TPSA) is 87.7 Å². The highest BCUT2D eigenvalue weighted by atomic mass is 16.5. The van der Waals surface area contributed by atoms with E-state index in [0.29, 0.717) is 6.42 Å². The Hall–Kier alpha value is -1.40. The van der Waals surface area contributed by atoms with Gasteiger partial charge in [-0.15, -0.1) is 0 Å². The van der Waals surface area contributed by atoms with Crippen molar-refractivity contribution in [2.75, 3.05) is 7.11 Å². The Morgan fingerprint density at radius 2 is 2.04 bits per heavy atom. The summed E-state index contributed by atoms with van der Waals surface area (Å²) in [5.74, 6) is -0.969. The van der Waals surface area contributed by atoms with Crippen molar-refractivity contribution in [2.45, 2.75) is 70.7 Å². The Morgan fingerprint density at radius 1 is 1.43 bits per heavy atom. The molecule has 1 amide bonds. The van der Waals surface area contributed by atoms with Crippen LogP contribution in [0.15, 0.2) is 12.2 Å². The molecule has 1 unspecified atom stereocenters. The maximum absolute atomic E-state index is 11.8. The molecule has 4 atom stereocenters. The Kier molecular flexibility index (Phi) is 7.22. The third kappa shape index (κ3) is 4.32. The van der Waals surface area contributed by atoms with Crippen molar-refractivity contribution in [1.82, 2.24) is 10.6 Å². The zero-order valence-corrected chi connectivity index (χ0v) is 14.8. The SMILES string of the molecule is CC=C[C@@H]1C[C@H](C(=O)O)N[C@H]1C(NC(C)=O)C(CC)(CC)OC. The van der Waals surface area contributed by atoms with Crippen LogP contribution in [0.5, 0.6) is 0 Å². The monoisotopic (exact) mass is 326 g/mol. The first-order valence-corrected chi connectivity index (χ1v) is 8.29. The standard InChI is InChI=1S/C17H30N2O4/c1-6-9-12-10-13(16(21)22)19-14(12)15(18-11(4)20)17(7-2,8-3)23-5/h6,9,12-15,19H,7-8,10H2,1-5H3,(H,18,20)(H,21,22)/t12-,13-,14-,15?/m1/s1. The number of carbonyl (C=O) groups excluding carboxylic acids is 1. The van der Waals surface area contributed by atoms with E-state index in [9.17, 15) is 14.7 Å². The summed E-state index contributed by atoms with van der Waals surface area (Å²) in [5, 5.41) is 15.6. The predicted molar refractivity (Wildman–Crippen MR) is 89.2 cm³/mol. The number of aliphatic carboxylic acids is 1. The molecule has 1 heterocycles. The van der Waals surface area contributed by atoms with Gasteiger partial charge in [0.1, 0.15) is 6.04 Å².